The van der Waals surface area contributed by atoms with E-state index in [1.54, 1.807) is 0 Å². The molecule has 0 aliphatic rings. The van der Waals surface area contributed by atoms with Gasteiger partial charge in [0.15, 0.2) is 0 Å². The van der Waals surface area contributed by atoms with Crippen LogP contribution in [0.5, 0.6) is 0 Å². The second-order valence-corrected chi connectivity index (χ2v) is 6.03. The highest BCUT2D eigenvalue weighted by molar-refractivity contribution is 5.93. The normalized spacial score (nSPS) is 13.9. The van der Waals surface area contributed by atoms with Crippen LogP contribution in [0.25, 0.3) is 0 Å². The first-order valence-corrected chi connectivity index (χ1v) is 8.44. The van der Waals surface area contributed by atoms with Crippen molar-refractivity contribution in [1.82, 2.24) is 10.6 Å². The van der Waals surface area contributed by atoms with Crippen molar-refractivity contribution >= 4 is 29.6 Å². The summed E-state index contributed by atoms with van der Waals surface area (Å²) in [6, 6.07) is -3.72. The van der Waals surface area contributed by atoms with Crippen molar-refractivity contribution in [2.45, 2.75) is 56.7 Å². The van der Waals surface area contributed by atoms with Gasteiger partial charge in [-0.15, -0.1) is 0 Å². The molecule has 0 aromatic carbocycles. The second-order valence-electron chi connectivity index (χ2n) is 6.03. The molecular formula is C15H28N6O6. The van der Waals surface area contributed by atoms with Crippen molar-refractivity contribution in [1.29, 1.82) is 0 Å². The third kappa shape index (κ3) is 10.8. The monoisotopic (exact) mass is 388 g/mol. The van der Waals surface area contributed by atoms with Gasteiger partial charge in [0.05, 0.1) is 12.5 Å². The number of carboxylic acids is 1. The van der Waals surface area contributed by atoms with Crippen molar-refractivity contribution in [2.24, 2.45) is 22.9 Å². The second kappa shape index (κ2) is 12.6. The lowest BCUT2D eigenvalue weighted by atomic mass is 10.1. The Bertz CT molecular complexity index is 555. The van der Waals surface area contributed by atoms with E-state index in [4.69, 9.17) is 28.0 Å². The molecule has 0 aromatic heterocycles. The summed E-state index contributed by atoms with van der Waals surface area (Å²) in [5.74, 6) is -4.64. The molecule has 0 heterocycles. The van der Waals surface area contributed by atoms with Gasteiger partial charge in [-0.05, 0) is 25.8 Å². The number of aliphatic carboxylic acids is 1. The molecule has 0 aromatic rings. The fraction of sp³-hybridized carbons (Fsp3) is 0.667. The van der Waals surface area contributed by atoms with Crippen LogP contribution in [0.2, 0.25) is 0 Å². The van der Waals surface area contributed by atoms with Gasteiger partial charge >= 0.3 is 5.97 Å². The Morgan fingerprint density at radius 2 is 1.44 bits per heavy atom. The van der Waals surface area contributed by atoms with Gasteiger partial charge in [-0.1, -0.05) is 6.42 Å². The molecule has 0 aliphatic carbocycles. The standard InChI is InChI=1S/C15H28N6O6/c16-6-2-1-3-8(17)13(24)20-9(4-5-11(18)22)14(25)21-10(15(26)27)7-12(19)23/h8-10H,1-7,16-17H2,(H2,18,22)(H2,19,23)(H,20,24)(H,21,25)(H,26,27)/t8-,9-,10-/m0/s1. The van der Waals surface area contributed by atoms with Crippen LogP contribution in [-0.4, -0.2) is 59.4 Å². The highest BCUT2D eigenvalue weighted by atomic mass is 16.4. The summed E-state index contributed by atoms with van der Waals surface area (Å²) in [6.07, 6.45) is 0.616. The molecule has 0 aliphatic heterocycles. The zero-order valence-electron chi connectivity index (χ0n) is 15.0. The van der Waals surface area contributed by atoms with Gasteiger partial charge in [-0.3, -0.25) is 19.2 Å². The number of carboxylic acid groups (broad SMARTS) is 1. The number of hydrogen-bond donors (Lipinski definition) is 7. The van der Waals surface area contributed by atoms with E-state index in [0.29, 0.717) is 25.8 Å². The minimum atomic E-state index is -1.57. The van der Waals surface area contributed by atoms with Crippen LogP contribution in [0.3, 0.4) is 0 Å². The van der Waals surface area contributed by atoms with Gasteiger partial charge in [-0.25, -0.2) is 4.79 Å². The number of unbranched alkanes of at least 4 members (excludes halogenated alkanes) is 1. The van der Waals surface area contributed by atoms with Gasteiger partial charge in [0, 0.05) is 6.42 Å². The number of nitrogens with one attached hydrogen (secondary N) is 2. The summed E-state index contributed by atoms with van der Waals surface area (Å²) in [4.78, 5) is 57.5. The zero-order valence-corrected chi connectivity index (χ0v) is 15.0. The zero-order chi connectivity index (χ0) is 21.0. The van der Waals surface area contributed by atoms with Crippen LogP contribution >= 0.6 is 0 Å². The molecule has 4 amide bonds. The van der Waals surface area contributed by atoms with Crippen LogP contribution in [0.4, 0.5) is 0 Å². The molecule has 27 heavy (non-hydrogen) atoms. The molecule has 0 unspecified atom stereocenters. The van der Waals surface area contributed by atoms with Crippen molar-refractivity contribution in [3.63, 3.8) is 0 Å². The average Bonchev–Trinajstić information content (AvgIpc) is 2.56. The molecule has 0 radical (unpaired) electrons. The van der Waals surface area contributed by atoms with E-state index in [-0.39, 0.29) is 12.8 Å². The van der Waals surface area contributed by atoms with Gasteiger partial charge in [0.25, 0.3) is 0 Å². The Kier molecular flexibility index (Phi) is 11.3. The van der Waals surface area contributed by atoms with E-state index < -0.39 is 54.1 Å². The molecule has 0 saturated carbocycles. The van der Waals surface area contributed by atoms with Crippen LogP contribution < -0.4 is 33.6 Å². The summed E-state index contributed by atoms with van der Waals surface area (Å²) in [5.41, 5.74) is 21.1. The Morgan fingerprint density at radius 1 is 0.852 bits per heavy atom. The first-order chi connectivity index (χ1) is 12.6. The minimum absolute atomic E-state index is 0.161. The van der Waals surface area contributed by atoms with Gasteiger partial charge in [-0.2, -0.15) is 0 Å². The van der Waals surface area contributed by atoms with E-state index in [9.17, 15) is 24.0 Å². The Balaban J connectivity index is 5.01. The molecule has 3 atom stereocenters. The van der Waals surface area contributed by atoms with Crippen molar-refractivity contribution < 1.29 is 29.1 Å². The summed E-state index contributed by atoms with van der Waals surface area (Å²) < 4.78 is 0. The summed E-state index contributed by atoms with van der Waals surface area (Å²) in [6.45, 7) is 0.453. The lowest BCUT2D eigenvalue weighted by molar-refractivity contribution is -0.143. The molecule has 0 rings (SSSR count). The molecular weight excluding hydrogens is 360 g/mol. The van der Waals surface area contributed by atoms with Crippen LogP contribution in [-0.2, 0) is 24.0 Å². The number of rotatable bonds is 14. The Hall–Kier alpha value is -2.73. The maximum absolute atomic E-state index is 12.3. The quantitative estimate of drug-likeness (QED) is 0.148. The Morgan fingerprint density at radius 3 is 1.93 bits per heavy atom. The summed E-state index contributed by atoms with van der Waals surface area (Å²) >= 11 is 0. The SMILES string of the molecule is NCCCC[C@H](N)C(=O)N[C@@H](CCC(N)=O)C(=O)N[C@@H](CC(N)=O)C(=O)O. The predicted octanol–water partition coefficient (Wildman–Crippen LogP) is -3.36. The molecule has 154 valence electrons. The molecule has 0 bridgehead atoms. The molecule has 12 nitrogen and oxygen atoms in total. The lowest BCUT2D eigenvalue weighted by Crippen LogP contribution is -2.55. The predicted molar refractivity (Wildman–Crippen MR) is 94.6 cm³/mol. The largest absolute Gasteiger partial charge is 0.480 e. The van der Waals surface area contributed by atoms with E-state index in [2.05, 4.69) is 10.6 Å². The minimum Gasteiger partial charge on any atom is -0.480 e. The maximum atomic E-state index is 12.3. The Labute approximate surface area is 156 Å². The number of nitrogens with two attached hydrogens (primary N) is 4. The average molecular weight is 388 g/mol. The maximum Gasteiger partial charge on any atom is 0.326 e. The first kappa shape index (κ1) is 24.3. The third-order valence-corrected chi connectivity index (χ3v) is 3.64. The fourth-order valence-corrected chi connectivity index (χ4v) is 2.15. The van der Waals surface area contributed by atoms with E-state index in [1.165, 1.54) is 0 Å². The molecule has 11 N–H and O–H groups in total. The van der Waals surface area contributed by atoms with Crippen LogP contribution in [0, 0.1) is 0 Å². The van der Waals surface area contributed by atoms with E-state index >= 15 is 0 Å². The number of carbonyl (C=O) groups is 5. The number of carbonyl (C=O) groups excluding carboxylic acids is 4. The van der Waals surface area contributed by atoms with Gasteiger partial charge < -0.3 is 38.7 Å². The third-order valence-electron chi connectivity index (χ3n) is 3.64. The van der Waals surface area contributed by atoms with Crippen LogP contribution in [0.15, 0.2) is 0 Å². The van der Waals surface area contributed by atoms with Gasteiger partial charge in [0.2, 0.25) is 23.6 Å². The summed E-state index contributed by atoms with van der Waals surface area (Å²) in [7, 11) is 0. The summed E-state index contributed by atoms with van der Waals surface area (Å²) in [5, 5.41) is 13.5. The number of amides is 4. The van der Waals surface area contributed by atoms with E-state index in [1.807, 2.05) is 0 Å². The fourth-order valence-electron chi connectivity index (χ4n) is 2.15. The highest BCUT2D eigenvalue weighted by Crippen LogP contribution is 2.03. The molecule has 12 heteroatoms. The van der Waals surface area contributed by atoms with Crippen molar-refractivity contribution in [2.75, 3.05) is 6.54 Å². The first-order valence-electron chi connectivity index (χ1n) is 8.44. The van der Waals surface area contributed by atoms with Gasteiger partial charge in [0.1, 0.15) is 12.1 Å². The lowest BCUT2D eigenvalue weighted by Gasteiger charge is -2.22. The highest BCUT2D eigenvalue weighted by Gasteiger charge is 2.28. The number of hydrogen-bond acceptors (Lipinski definition) is 7. The molecule has 0 saturated heterocycles. The van der Waals surface area contributed by atoms with E-state index in [0.717, 1.165) is 0 Å². The molecule has 0 fully saturated rings. The molecule has 0 spiro atoms. The topological polar surface area (TPSA) is 234 Å². The van der Waals surface area contributed by atoms with Crippen molar-refractivity contribution in [3.05, 3.63) is 0 Å². The smallest absolute Gasteiger partial charge is 0.326 e. The number of primary amides is 2. The van der Waals surface area contributed by atoms with Crippen LogP contribution in [0.1, 0.15) is 38.5 Å². The van der Waals surface area contributed by atoms with Crippen molar-refractivity contribution in [3.8, 4) is 0 Å².